The summed E-state index contributed by atoms with van der Waals surface area (Å²) in [6.45, 7) is 0. The van der Waals surface area contributed by atoms with Gasteiger partial charge in [0.25, 0.3) is 0 Å². The van der Waals surface area contributed by atoms with Crippen LogP contribution in [0, 0.1) is 0 Å². The molecule has 8 aromatic rings. The van der Waals surface area contributed by atoms with E-state index in [9.17, 15) is 0 Å². The molecule has 0 heterocycles. The quantitative estimate of drug-likeness (QED) is 0.178. The molecule has 0 atom stereocenters. The lowest BCUT2D eigenvalue weighted by molar-refractivity contribution is 0.837. The second kappa shape index (κ2) is 9.53. The lowest BCUT2D eigenvalue weighted by Gasteiger charge is -2.22. The maximum atomic E-state index is 2.47. The third kappa shape index (κ3) is 3.64. The summed E-state index contributed by atoms with van der Waals surface area (Å²) in [7, 11) is 0. The molecule has 0 heteroatoms. The third-order valence-electron chi connectivity index (χ3n) is 11.5. The average molecular weight is 597 g/mol. The zero-order valence-electron chi connectivity index (χ0n) is 26.2. The molecule has 220 valence electrons. The molecule has 0 radical (unpaired) electrons. The van der Waals surface area contributed by atoms with Gasteiger partial charge in [-0.05, 0) is 142 Å². The van der Waals surface area contributed by atoms with Crippen LogP contribution in [0.2, 0.25) is 0 Å². The molecule has 0 unspecified atom stereocenters. The third-order valence-corrected chi connectivity index (χ3v) is 11.5. The van der Waals surface area contributed by atoms with Crippen molar-refractivity contribution in [1.29, 1.82) is 0 Å². The molecule has 0 nitrogen and oxygen atoms in total. The fraction of sp³-hybridized carbons (Fsp3) is 0.106. The summed E-state index contributed by atoms with van der Waals surface area (Å²) < 4.78 is 0. The Morgan fingerprint density at radius 3 is 1.43 bits per heavy atom. The van der Waals surface area contributed by atoms with Crippen molar-refractivity contribution >= 4 is 32.3 Å². The summed E-state index contributed by atoms with van der Waals surface area (Å²) in [6, 6.07) is 51.2. The molecule has 11 rings (SSSR count). The van der Waals surface area contributed by atoms with Crippen LogP contribution in [0.25, 0.3) is 76.8 Å². The van der Waals surface area contributed by atoms with Gasteiger partial charge in [-0.2, -0.15) is 0 Å². The highest BCUT2D eigenvalue weighted by Crippen LogP contribution is 2.48. The summed E-state index contributed by atoms with van der Waals surface area (Å²) in [5.74, 6) is 0. The molecular weight excluding hydrogens is 565 g/mol. The number of rotatable bonds is 3. The molecule has 0 spiro atoms. The molecule has 47 heavy (non-hydrogen) atoms. The largest absolute Gasteiger partial charge is 0.0616 e. The fourth-order valence-corrected chi connectivity index (χ4v) is 8.92. The van der Waals surface area contributed by atoms with E-state index in [1.165, 1.54) is 125 Å². The normalized spacial score (nSPS) is 14.0. The summed E-state index contributed by atoms with van der Waals surface area (Å²) in [6.07, 6.45) is 5.91. The second-order valence-electron chi connectivity index (χ2n) is 13.9. The Morgan fingerprint density at radius 2 is 0.766 bits per heavy atom. The van der Waals surface area contributed by atoms with E-state index in [1.807, 2.05) is 0 Å². The van der Waals surface area contributed by atoms with Crippen molar-refractivity contribution < 1.29 is 0 Å². The van der Waals surface area contributed by atoms with Crippen LogP contribution in [0.4, 0.5) is 0 Å². The first kappa shape index (κ1) is 25.7. The van der Waals surface area contributed by atoms with E-state index in [0.29, 0.717) is 0 Å². The van der Waals surface area contributed by atoms with Crippen LogP contribution in [-0.2, 0) is 32.1 Å². The Morgan fingerprint density at radius 1 is 0.277 bits per heavy atom. The Kier molecular flexibility index (Phi) is 5.21. The maximum absolute atomic E-state index is 2.47. The number of benzene rings is 8. The van der Waals surface area contributed by atoms with E-state index >= 15 is 0 Å². The first-order valence-corrected chi connectivity index (χ1v) is 17.1. The Bertz CT molecular complexity index is 2590. The highest BCUT2D eigenvalue weighted by molar-refractivity contribution is 6.24. The highest BCUT2D eigenvalue weighted by atomic mass is 14.3. The SMILES string of the molecule is c1ccc2c(-c3c4ccccc4c(-c4ccc5c(c4)CC5)c4ccccc34)ccc(-c3ccc4c(c3)Cc3cc5c(cc3-4)CC5)c2c1. The fourth-order valence-electron chi connectivity index (χ4n) is 8.92. The van der Waals surface area contributed by atoms with Crippen LogP contribution in [0.3, 0.4) is 0 Å². The van der Waals surface area contributed by atoms with Crippen LogP contribution in [-0.4, -0.2) is 0 Å². The first-order chi connectivity index (χ1) is 23.3. The zero-order valence-corrected chi connectivity index (χ0v) is 26.2. The van der Waals surface area contributed by atoms with E-state index < -0.39 is 0 Å². The minimum absolute atomic E-state index is 1.04. The Hall–Kier alpha value is -5.46. The molecule has 3 aliphatic rings. The van der Waals surface area contributed by atoms with Gasteiger partial charge in [-0.1, -0.05) is 133 Å². The van der Waals surface area contributed by atoms with E-state index in [0.717, 1.165) is 6.42 Å². The standard InChI is InChI=1S/C47H32/c1-2-8-39-38(7-1)36(32-19-20-37-34(25-32)26-35-24-30-16-17-31(30)27-45(35)37)21-22-44(39)47-42-11-5-3-9-40(42)46(41-10-4-6-12-43(41)47)33-18-14-28-13-15-29(28)23-33/h1-12,14,18-25,27H,13,15-17,26H2. The molecule has 0 amide bonds. The van der Waals surface area contributed by atoms with Gasteiger partial charge >= 0.3 is 0 Å². The lowest BCUT2D eigenvalue weighted by atomic mass is 9.81. The zero-order chi connectivity index (χ0) is 30.6. The van der Waals surface area contributed by atoms with Crippen LogP contribution >= 0.6 is 0 Å². The molecule has 0 aromatic heterocycles. The van der Waals surface area contributed by atoms with Gasteiger partial charge in [0.1, 0.15) is 0 Å². The molecular formula is C47H32. The van der Waals surface area contributed by atoms with Gasteiger partial charge in [0, 0.05) is 0 Å². The van der Waals surface area contributed by atoms with Crippen molar-refractivity contribution in [2.45, 2.75) is 32.1 Å². The summed E-state index contributed by atoms with van der Waals surface area (Å²) in [4.78, 5) is 0. The number of hydrogen-bond donors (Lipinski definition) is 0. The van der Waals surface area contributed by atoms with Crippen molar-refractivity contribution in [2.75, 3.05) is 0 Å². The smallest absolute Gasteiger partial charge is 0.00131 e. The molecule has 0 saturated heterocycles. The van der Waals surface area contributed by atoms with Crippen LogP contribution in [0.5, 0.6) is 0 Å². The Labute approximate surface area is 275 Å². The predicted octanol–water partition coefficient (Wildman–Crippen LogP) is 11.9. The van der Waals surface area contributed by atoms with Gasteiger partial charge in [-0.3, -0.25) is 0 Å². The van der Waals surface area contributed by atoms with Crippen LogP contribution in [0.1, 0.15) is 33.4 Å². The van der Waals surface area contributed by atoms with Crippen molar-refractivity contribution in [1.82, 2.24) is 0 Å². The molecule has 3 aliphatic carbocycles. The lowest BCUT2D eigenvalue weighted by Crippen LogP contribution is -2.08. The van der Waals surface area contributed by atoms with Gasteiger partial charge in [0.15, 0.2) is 0 Å². The van der Waals surface area contributed by atoms with E-state index in [-0.39, 0.29) is 0 Å². The summed E-state index contributed by atoms with van der Waals surface area (Å²) in [5, 5.41) is 7.88. The molecule has 0 aliphatic heterocycles. The van der Waals surface area contributed by atoms with Gasteiger partial charge in [0.05, 0.1) is 0 Å². The maximum Gasteiger partial charge on any atom is -0.00131 e. The number of fused-ring (bicyclic) bond motifs is 8. The monoisotopic (exact) mass is 596 g/mol. The van der Waals surface area contributed by atoms with Gasteiger partial charge in [-0.15, -0.1) is 0 Å². The average Bonchev–Trinajstić information content (AvgIpc) is 3.45. The van der Waals surface area contributed by atoms with Gasteiger partial charge < -0.3 is 0 Å². The minimum Gasteiger partial charge on any atom is -0.0616 e. The molecule has 0 bridgehead atoms. The van der Waals surface area contributed by atoms with Crippen molar-refractivity contribution in [3.8, 4) is 44.5 Å². The van der Waals surface area contributed by atoms with Gasteiger partial charge in [-0.25, -0.2) is 0 Å². The molecule has 0 N–H and O–H groups in total. The van der Waals surface area contributed by atoms with E-state index in [4.69, 9.17) is 0 Å². The second-order valence-corrected chi connectivity index (χ2v) is 13.9. The van der Waals surface area contributed by atoms with Gasteiger partial charge in [0.2, 0.25) is 0 Å². The van der Waals surface area contributed by atoms with Crippen molar-refractivity contribution in [2.24, 2.45) is 0 Å². The molecule has 0 fully saturated rings. The van der Waals surface area contributed by atoms with Crippen LogP contribution < -0.4 is 0 Å². The van der Waals surface area contributed by atoms with E-state index in [1.54, 1.807) is 11.1 Å². The molecule has 8 aromatic carbocycles. The minimum atomic E-state index is 1.04. The number of aryl methyl sites for hydroxylation is 4. The van der Waals surface area contributed by atoms with Crippen LogP contribution in [0.15, 0.2) is 133 Å². The topological polar surface area (TPSA) is 0 Å². The Balaban J connectivity index is 1.12. The summed E-state index contributed by atoms with van der Waals surface area (Å²) in [5.41, 5.74) is 19.9. The molecule has 0 saturated carbocycles. The predicted molar refractivity (Wildman–Crippen MR) is 198 cm³/mol. The highest BCUT2D eigenvalue weighted by Gasteiger charge is 2.25. The first-order valence-electron chi connectivity index (χ1n) is 17.1. The number of hydrogen-bond acceptors (Lipinski definition) is 0. The summed E-state index contributed by atoms with van der Waals surface area (Å²) >= 11 is 0. The van der Waals surface area contributed by atoms with Crippen molar-refractivity contribution in [3.63, 3.8) is 0 Å². The van der Waals surface area contributed by atoms with E-state index in [2.05, 4.69) is 133 Å². The van der Waals surface area contributed by atoms with Crippen molar-refractivity contribution in [3.05, 3.63) is 167 Å².